The van der Waals surface area contributed by atoms with E-state index in [0.29, 0.717) is 32.9 Å². The third-order valence-electron chi connectivity index (χ3n) is 6.41. The van der Waals surface area contributed by atoms with Crippen LogP contribution in [0.15, 0.2) is 79.1 Å². The Morgan fingerprint density at radius 3 is 1.81 bits per heavy atom. The van der Waals surface area contributed by atoms with Crippen molar-refractivity contribution in [2.24, 2.45) is 0 Å². The molecule has 2 heterocycles. The Hall–Kier alpha value is -4.50. The second-order valence-electron chi connectivity index (χ2n) is 8.78. The van der Waals surface area contributed by atoms with E-state index in [2.05, 4.69) is 30.6 Å². The zero-order chi connectivity index (χ0) is 25.4. The predicted molar refractivity (Wildman–Crippen MR) is 146 cm³/mol. The largest absolute Gasteiger partial charge is 0.422 e. The van der Waals surface area contributed by atoms with Crippen molar-refractivity contribution in [3.05, 3.63) is 92.6 Å². The molecule has 3 aromatic carbocycles. The minimum Gasteiger partial charge on any atom is -0.422 e. The Morgan fingerprint density at radius 2 is 1.19 bits per heavy atom. The Balaban J connectivity index is 1.66. The fourth-order valence-electron chi connectivity index (χ4n) is 4.47. The Bertz CT molecular complexity index is 1780. The van der Waals surface area contributed by atoms with E-state index in [1.54, 1.807) is 6.07 Å². The molecule has 0 fully saturated rings. The summed E-state index contributed by atoms with van der Waals surface area (Å²) in [6.45, 7) is 5.80. The van der Waals surface area contributed by atoms with Gasteiger partial charge in [-0.1, -0.05) is 11.8 Å². The van der Waals surface area contributed by atoms with Crippen LogP contribution >= 0.6 is 0 Å². The zero-order valence-corrected chi connectivity index (χ0v) is 20.7. The topological polar surface area (TPSA) is 66.9 Å². The van der Waals surface area contributed by atoms with Crippen LogP contribution in [0.5, 0.6) is 0 Å². The lowest BCUT2D eigenvalue weighted by molar-refractivity contribution is 0.547. The average molecular weight is 479 g/mol. The van der Waals surface area contributed by atoms with Crippen molar-refractivity contribution >= 4 is 44.1 Å². The molecule has 6 heteroatoms. The Labute approximate surface area is 208 Å². The van der Waals surface area contributed by atoms with Crippen LogP contribution in [0.1, 0.15) is 25.0 Å². The van der Waals surface area contributed by atoms with Crippen molar-refractivity contribution in [2.45, 2.75) is 13.8 Å². The summed E-state index contributed by atoms with van der Waals surface area (Å²) in [4.78, 5) is 29.8. The molecular formula is C30H26N2O4. The highest BCUT2D eigenvalue weighted by molar-refractivity contribution is 6.17. The molecule has 0 N–H and O–H groups in total. The molecule has 0 unspecified atom stereocenters. The van der Waals surface area contributed by atoms with Crippen LogP contribution in [0.4, 0.5) is 11.4 Å². The summed E-state index contributed by atoms with van der Waals surface area (Å²) >= 11 is 0. The summed E-state index contributed by atoms with van der Waals surface area (Å²) in [5, 5.41) is 1.82. The van der Waals surface area contributed by atoms with E-state index in [1.807, 2.05) is 73.6 Å². The summed E-state index contributed by atoms with van der Waals surface area (Å²) in [5.74, 6) is 6.29. The van der Waals surface area contributed by atoms with Crippen LogP contribution in [-0.2, 0) is 0 Å². The smallest absolute Gasteiger partial charge is 0.351 e. The van der Waals surface area contributed by atoms with Crippen molar-refractivity contribution < 1.29 is 8.83 Å². The average Bonchev–Trinajstić information content (AvgIpc) is 2.87. The van der Waals surface area contributed by atoms with Crippen molar-refractivity contribution in [1.29, 1.82) is 0 Å². The molecule has 5 aromatic rings. The van der Waals surface area contributed by atoms with Gasteiger partial charge in [0.05, 0.1) is 0 Å². The summed E-state index contributed by atoms with van der Waals surface area (Å²) in [6.07, 6.45) is 0. The standard InChI is InChI=1S/C30H26N2O4/c1-5-32(6-2)22-14-16-24-26(18-22)36-30(34)28-27(24)23-15-11-20(17-25(23)35-29(28)33)8-7-19-9-12-21(13-10-19)31(3)4/h9-18H,5-6H2,1-4H3. The number of rotatable bonds is 4. The van der Waals surface area contributed by atoms with Crippen LogP contribution in [-0.4, -0.2) is 27.2 Å². The highest BCUT2D eigenvalue weighted by Crippen LogP contribution is 2.31. The van der Waals surface area contributed by atoms with Gasteiger partial charge in [-0.3, -0.25) is 0 Å². The summed E-state index contributed by atoms with van der Waals surface area (Å²) in [7, 11) is 3.98. The van der Waals surface area contributed by atoms with Crippen LogP contribution in [0, 0.1) is 11.8 Å². The lowest BCUT2D eigenvalue weighted by Gasteiger charge is -2.21. The first kappa shape index (κ1) is 23.3. The van der Waals surface area contributed by atoms with Gasteiger partial charge in [0.25, 0.3) is 0 Å². The highest BCUT2D eigenvalue weighted by Gasteiger charge is 2.17. The van der Waals surface area contributed by atoms with Gasteiger partial charge in [0, 0.05) is 71.9 Å². The van der Waals surface area contributed by atoms with E-state index in [4.69, 9.17) is 8.83 Å². The minimum absolute atomic E-state index is 0.0783. The molecule has 180 valence electrons. The molecule has 0 aliphatic heterocycles. The minimum atomic E-state index is -0.717. The van der Waals surface area contributed by atoms with Crippen LogP contribution in [0.25, 0.3) is 32.7 Å². The van der Waals surface area contributed by atoms with Crippen LogP contribution in [0.3, 0.4) is 0 Å². The molecule has 0 radical (unpaired) electrons. The van der Waals surface area contributed by atoms with Gasteiger partial charge in [-0.15, -0.1) is 0 Å². The van der Waals surface area contributed by atoms with Crippen molar-refractivity contribution in [1.82, 2.24) is 0 Å². The van der Waals surface area contributed by atoms with E-state index < -0.39 is 11.3 Å². The van der Waals surface area contributed by atoms with E-state index in [9.17, 15) is 9.59 Å². The predicted octanol–water partition coefficient (Wildman–Crippen LogP) is 5.36. The lowest BCUT2D eigenvalue weighted by Crippen LogP contribution is -2.21. The van der Waals surface area contributed by atoms with Gasteiger partial charge in [0.1, 0.15) is 11.2 Å². The van der Waals surface area contributed by atoms with Crippen molar-refractivity contribution in [3.63, 3.8) is 0 Å². The molecule has 0 amide bonds. The quantitative estimate of drug-likeness (QED) is 0.197. The number of nitrogens with zero attached hydrogens (tertiary/aromatic N) is 2. The summed E-state index contributed by atoms with van der Waals surface area (Å²) in [6, 6.07) is 19.1. The maximum Gasteiger partial charge on any atom is 0.351 e. The maximum atomic E-state index is 12.8. The molecule has 0 atom stereocenters. The molecule has 2 aromatic heterocycles. The van der Waals surface area contributed by atoms with Gasteiger partial charge in [-0.25, -0.2) is 9.59 Å². The molecule has 0 aliphatic carbocycles. The van der Waals surface area contributed by atoms with Gasteiger partial charge >= 0.3 is 11.3 Å². The molecule has 0 saturated carbocycles. The zero-order valence-electron chi connectivity index (χ0n) is 20.7. The van der Waals surface area contributed by atoms with Gasteiger partial charge in [-0.2, -0.15) is 0 Å². The molecule has 6 nitrogen and oxygen atoms in total. The third-order valence-corrected chi connectivity index (χ3v) is 6.41. The monoisotopic (exact) mass is 478 g/mol. The van der Waals surface area contributed by atoms with E-state index in [1.165, 1.54) is 0 Å². The molecule has 5 rings (SSSR count). The Morgan fingerprint density at radius 1 is 0.667 bits per heavy atom. The normalized spacial score (nSPS) is 11.0. The maximum absolute atomic E-state index is 12.8. The fourth-order valence-corrected chi connectivity index (χ4v) is 4.47. The SMILES string of the molecule is CCN(CC)c1ccc2c(c1)oc(=O)c1c(=O)oc3cc(C#Cc4ccc(N(C)C)cc4)ccc3c12. The number of hydrogen-bond donors (Lipinski definition) is 0. The number of hydrogen-bond acceptors (Lipinski definition) is 6. The highest BCUT2D eigenvalue weighted by atomic mass is 16.4. The van der Waals surface area contributed by atoms with Crippen LogP contribution in [0.2, 0.25) is 0 Å². The van der Waals surface area contributed by atoms with Gasteiger partial charge in [0.15, 0.2) is 5.39 Å². The summed E-state index contributed by atoms with van der Waals surface area (Å²) < 4.78 is 11.1. The summed E-state index contributed by atoms with van der Waals surface area (Å²) in [5.41, 5.74) is 3.04. The molecule has 0 aliphatic rings. The van der Waals surface area contributed by atoms with Gasteiger partial charge < -0.3 is 18.6 Å². The Kier molecular flexibility index (Phi) is 5.99. The van der Waals surface area contributed by atoms with Crippen LogP contribution < -0.4 is 21.1 Å². The first-order chi connectivity index (χ1) is 17.4. The first-order valence-electron chi connectivity index (χ1n) is 11.9. The molecule has 0 spiro atoms. The molecule has 36 heavy (non-hydrogen) atoms. The van der Waals surface area contributed by atoms with E-state index >= 15 is 0 Å². The van der Waals surface area contributed by atoms with Gasteiger partial charge in [-0.05, 0) is 68.4 Å². The number of benzene rings is 3. The third kappa shape index (κ3) is 4.09. The second kappa shape index (κ2) is 9.27. The molecule has 0 saturated heterocycles. The van der Waals surface area contributed by atoms with Crippen molar-refractivity contribution in [2.75, 3.05) is 37.0 Å². The van der Waals surface area contributed by atoms with Crippen molar-refractivity contribution in [3.8, 4) is 11.8 Å². The first-order valence-corrected chi connectivity index (χ1v) is 11.9. The number of anilines is 2. The molecule has 0 bridgehead atoms. The van der Waals surface area contributed by atoms with E-state index in [0.717, 1.165) is 30.0 Å². The second-order valence-corrected chi connectivity index (χ2v) is 8.78. The van der Waals surface area contributed by atoms with Gasteiger partial charge in [0.2, 0.25) is 0 Å². The fraction of sp³-hybridized carbons (Fsp3) is 0.200. The lowest BCUT2D eigenvalue weighted by atomic mass is 10.0. The number of fused-ring (bicyclic) bond motifs is 5. The molecular weight excluding hydrogens is 452 g/mol. The van der Waals surface area contributed by atoms with E-state index in [-0.39, 0.29) is 5.39 Å².